The standard InChI is InChI=1S/C18H27NO/c1-14-7-8-15-12-17(13-19(2)3,16(15)11-14)18(20)9-5-4-6-10-18/h7-8,11,20H,4-6,9-10,12-13H2,1-3H3. The van der Waals surface area contributed by atoms with Crippen molar-refractivity contribution in [1.82, 2.24) is 4.90 Å². The van der Waals surface area contributed by atoms with Crippen LogP contribution in [0.5, 0.6) is 0 Å². The minimum Gasteiger partial charge on any atom is -0.389 e. The molecule has 1 atom stereocenters. The quantitative estimate of drug-likeness (QED) is 0.915. The molecule has 2 nitrogen and oxygen atoms in total. The summed E-state index contributed by atoms with van der Waals surface area (Å²) in [5, 5.41) is 11.4. The highest BCUT2D eigenvalue weighted by atomic mass is 16.3. The van der Waals surface area contributed by atoms with Crippen LogP contribution in [0.3, 0.4) is 0 Å². The van der Waals surface area contributed by atoms with E-state index in [1.54, 1.807) is 0 Å². The third-order valence-corrected chi connectivity index (χ3v) is 5.43. The summed E-state index contributed by atoms with van der Waals surface area (Å²) in [5.74, 6) is 0. The summed E-state index contributed by atoms with van der Waals surface area (Å²) >= 11 is 0. The first kappa shape index (κ1) is 14.1. The molecule has 110 valence electrons. The van der Waals surface area contributed by atoms with Gasteiger partial charge in [-0.05, 0) is 51.4 Å². The average Bonchev–Trinajstić information content (AvgIpc) is 2.38. The molecule has 1 N–H and O–H groups in total. The van der Waals surface area contributed by atoms with Gasteiger partial charge < -0.3 is 10.0 Å². The van der Waals surface area contributed by atoms with Gasteiger partial charge >= 0.3 is 0 Å². The fourth-order valence-electron chi connectivity index (χ4n) is 4.46. The molecule has 0 aliphatic heterocycles. The van der Waals surface area contributed by atoms with Crippen LogP contribution in [0.1, 0.15) is 48.8 Å². The first-order valence-corrected chi connectivity index (χ1v) is 7.94. The normalized spacial score (nSPS) is 28.1. The first-order chi connectivity index (χ1) is 9.47. The summed E-state index contributed by atoms with van der Waals surface area (Å²) < 4.78 is 0. The van der Waals surface area contributed by atoms with Crippen molar-refractivity contribution in [3.63, 3.8) is 0 Å². The molecule has 0 amide bonds. The van der Waals surface area contributed by atoms with Gasteiger partial charge in [-0.3, -0.25) is 0 Å². The highest BCUT2D eigenvalue weighted by molar-refractivity contribution is 5.50. The first-order valence-electron chi connectivity index (χ1n) is 7.94. The third-order valence-electron chi connectivity index (χ3n) is 5.43. The van der Waals surface area contributed by atoms with Crippen molar-refractivity contribution in [2.45, 2.75) is 56.5 Å². The number of benzene rings is 1. The molecule has 1 fully saturated rings. The second-order valence-corrected chi connectivity index (χ2v) is 7.25. The number of hydrogen-bond acceptors (Lipinski definition) is 2. The summed E-state index contributed by atoms with van der Waals surface area (Å²) in [7, 11) is 4.25. The number of nitrogens with zero attached hydrogens (tertiary/aromatic N) is 1. The molecule has 2 heteroatoms. The molecule has 0 spiro atoms. The van der Waals surface area contributed by atoms with Crippen molar-refractivity contribution in [2.75, 3.05) is 20.6 Å². The lowest BCUT2D eigenvalue weighted by atomic mass is 9.52. The van der Waals surface area contributed by atoms with Crippen molar-refractivity contribution in [2.24, 2.45) is 0 Å². The molecule has 20 heavy (non-hydrogen) atoms. The van der Waals surface area contributed by atoms with E-state index in [1.807, 2.05) is 0 Å². The van der Waals surface area contributed by atoms with Gasteiger partial charge in [0, 0.05) is 12.0 Å². The lowest BCUT2D eigenvalue weighted by Gasteiger charge is -2.57. The van der Waals surface area contributed by atoms with Gasteiger partial charge in [0.1, 0.15) is 0 Å². The smallest absolute Gasteiger partial charge is 0.0759 e. The Morgan fingerprint density at radius 1 is 1.15 bits per heavy atom. The maximum atomic E-state index is 11.4. The van der Waals surface area contributed by atoms with Crippen LogP contribution in [0.2, 0.25) is 0 Å². The molecule has 1 aromatic rings. The number of hydrogen-bond donors (Lipinski definition) is 1. The molecule has 0 heterocycles. The highest BCUT2D eigenvalue weighted by Crippen LogP contribution is 2.53. The molecule has 3 rings (SSSR count). The van der Waals surface area contributed by atoms with Gasteiger partial charge in [-0.2, -0.15) is 0 Å². The lowest BCUT2D eigenvalue weighted by molar-refractivity contribution is -0.0869. The van der Waals surface area contributed by atoms with E-state index in [2.05, 4.69) is 44.1 Å². The maximum Gasteiger partial charge on any atom is 0.0759 e. The Balaban J connectivity index is 2.03. The van der Waals surface area contributed by atoms with Crippen LogP contribution in [-0.4, -0.2) is 36.2 Å². The summed E-state index contributed by atoms with van der Waals surface area (Å²) in [5.41, 5.74) is 3.62. The molecule has 0 radical (unpaired) electrons. The van der Waals surface area contributed by atoms with Gasteiger partial charge in [-0.1, -0.05) is 43.0 Å². The molecule has 1 unspecified atom stereocenters. The van der Waals surface area contributed by atoms with Gasteiger partial charge in [0.15, 0.2) is 0 Å². The van der Waals surface area contributed by atoms with E-state index in [4.69, 9.17) is 0 Å². The third kappa shape index (κ3) is 2.01. The predicted octanol–water partition coefficient (Wildman–Crippen LogP) is 3.05. The Kier molecular flexibility index (Phi) is 3.42. The Bertz CT molecular complexity index is 502. The number of aryl methyl sites for hydroxylation is 1. The topological polar surface area (TPSA) is 23.5 Å². The minimum atomic E-state index is -0.504. The van der Waals surface area contributed by atoms with Gasteiger partial charge in [-0.25, -0.2) is 0 Å². The maximum absolute atomic E-state index is 11.4. The van der Waals surface area contributed by atoms with E-state index in [9.17, 15) is 5.11 Å². The molecular weight excluding hydrogens is 246 g/mol. The lowest BCUT2D eigenvalue weighted by Crippen LogP contribution is -2.63. The van der Waals surface area contributed by atoms with Crippen LogP contribution in [0.25, 0.3) is 0 Å². The van der Waals surface area contributed by atoms with Crippen LogP contribution in [-0.2, 0) is 11.8 Å². The molecule has 2 aliphatic carbocycles. The van der Waals surface area contributed by atoms with Crippen LogP contribution >= 0.6 is 0 Å². The molecule has 1 saturated carbocycles. The Morgan fingerprint density at radius 3 is 2.50 bits per heavy atom. The largest absolute Gasteiger partial charge is 0.389 e. The molecule has 0 saturated heterocycles. The van der Waals surface area contributed by atoms with E-state index in [0.717, 1.165) is 25.8 Å². The van der Waals surface area contributed by atoms with Gasteiger partial charge in [-0.15, -0.1) is 0 Å². The van der Waals surface area contributed by atoms with E-state index < -0.39 is 5.60 Å². The number of likely N-dealkylation sites (N-methyl/N-ethyl adjacent to an activating group) is 1. The Hall–Kier alpha value is -0.860. The zero-order chi connectivity index (χ0) is 14.4. The number of fused-ring (bicyclic) bond motifs is 1. The molecular formula is C18H27NO. The van der Waals surface area contributed by atoms with Crippen LogP contribution < -0.4 is 0 Å². The average molecular weight is 273 g/mol. The minimum absolute atomic E-state index is 0.0434. The van der Waals surface area contributed by atoms with E-state index in [1.165, 1.54) is 36.0 Å². The van der Waals surface area contributed by atoms with Gasteiger partial charge in [0.25, 0.3) is 0 Å². The molecule has 2 aliphatic rings. The summed E-state index contributed by atoms with van der Waals surface area (Å²) in [6.07, 6.45) is 6.60. The predicted molar refractivity (Wildman–Crippen MR) is 83.1 cm³/mol. The van der Waals surface area contributed by atoms with E-state index >= 15 is 0 Å². The highest BCUT2D eigenvalue weighted by Gasteiger charge is 2.57. The summed E-state index contributed by atoms with van der Waals surface area (Å²) in [6.45, 7) is 3.11. The SMILES string of the molecule is Cc1ccc2c(c1)C(CN(C)C)(C1(O)CCCCC1)C2. The Morgan fingerprint density at radius 2 is 1.85 bits per heavy atom. The molecule has 1 aromatic carbocycles. The summed E-state index contributed by atoms with van der Waals surface area (Å²) in [4.78, 5) is 2.25. The van der Waals surface area contributed by atoms with Crippen molar-refractivity contribution < 1.29 is 5.11 Å². The molecule has 0 bridgehead atoms. The summed E-state index contributed by atoms with van der Waals surface area (Å²) in [6, 6.07) is 6.77. The van der Waals surface area contributed by atoms with Crippen molar-refractivity contribution in [3.8, 4) is 0 Å². The van der Waals surface area contributed by atoms with Crippen LogP contribution in [0, 0.1) is 6.92 Å². The fraction of sp³-hybridized carbons (Fsp3) is 0.667. The van der Waals surface area contributed by atoms with E-state index in [0.29, 0.717) is 0 Å². The van der Waals surface area contributed by atoms with Crippen molar-refractivity contribution in [1.29, 1.82) is 0 Å². The number of aliphatic hydroxyl groups is 1. The van der Waals surface area contributed by atoms with E-state index in [-0.39, 0.29) is 5.41 Å². The van der Waals surface area contributed by atoms with Crippen LogP contribution in [0.4, 0.5) is 0 Å². The second kappa shape index (κ2) is 4.85. The Labute approximate surface area is 122 Å². The zero-order valence-electron chi connectivity index (χ0n) is 13.1. The zero-order valence-corrected chi connectivity index (χ0v) is 13.1. The van der Waals surface area contributed by atoms with Crippen molar-refractivity contribution in [3.05, 3.63) is 34.9 Å². The van der Waals surface area contributed by atoms with Crippen LogP contribution in [0.15, 0.2) is 18.2 Å². The van der Waals surface area contributed by atoms with Crippen molar-refractivity contribution >= 4 is 0 Å². The van der Waals surface area contributed by atoms with Gasteiger partial charge in [0.05, 0.1) is 5.60 Å². The molecule has 0 aromatic heterocycles. The monoisotopic (exact) mass is 273 g/mol. The number of rotatable bonds is 3. The van der Waals surface area contributed by atoms with Gasteiger partial charge in [0.2, 0.25) is 0 Å². The fourth-order valence-corrected chi connectivity index (χ4v) is 4.46. The second-order valence-electron chi connectivity index (χ2n) is 7.25.